The lowest BCUT2D eigenvalue weighted by Crippen LogP contribution is -2.26. The molecule has 0 saturated carbocycles. The number of pyridine rings is 1. The van der Waals surface area contributed by atoms with E-state index in [1.165, 1.54) is 0 Å². The van der Waals surface area contributed by atoms with Crippen molar-refractivity contribution < 1.29 is 18.1 Å². The van der Waals surface area contributed by atoms with Crippen LogP contribution < -0.4 is 10.2 Å². The summed E-state index contributed by atoms with van der Waals surface area (Å²) in [6.07, 6.45) is -3.91. The number of hydrogen-bond acceptors (Lipinski definition) is 5. The van der Waals surface area contributed by atoms with Gasteiger partial charge in [0, 0.05) is 26.2 Å². The Balaban J connectivity index is 1.97. The number of alkyl halides is 3. The van der Waals surface area contributed by atoms with E-state index in [4.69, 9.17) is 0 Å². The van der Waals surface area contributed by atoms with E-state index in [2.05, 4.69) is 10.3 Å². The minimum Gasteiger partial charge on any atom is -0.365 e. The van der Waals surface area contributed by atoms with E-state index in [0.29, 0.717) is 31.1 Å². The number of rotatable bonds is 2. The van der Waals surface area contributed by atoms with Crippen molar-refractivity contribution in [3.05, 3.63) is 28.1 Å². The number of hydrogen-bond donors (Lipinski definition) is 1. The zero-order valence-corrected chi connectivity index (χ0v) is 10.9. The molecule has 6 nitrogen and oxygen atoms in total. The topological polar surface area (TPSA) is 71.3 Å². The highest BCUT2D eigenvalue weighted by molar-refractivity contribution is 5.63. The number of aromatic nitrogens is 1. The molecule has 3 rings (SSSR count). The third kappa shape index (κ3) is 2.53. The first-order chi connectivity index (χ1) is 9.86. The van der Waals surface area contributed by atoms with E-state index in [1.807, 2.05) is 0 Å². The lowest BCUT2D eigenvalue weighted by Gasteiger charge is -2.20. The van der Waals surface area contributed by atoms with E-state index in [0.717, 1.165) is 19.2 Å². The molecule has 2 aliphatic heterocycles. The summed E-state index contributed by atoms with van der Waals surface area (Å²) in [6, 6.07) is 0.784. The second-order valence-electron chi connectivity index (χ2n) is 5.40. The molecule has 2 aliphatic rings. The number of fused-ring (bicyclic) bond motifs is 1. The van der Waals surface area contributed by atoms with Crippen molar-refractivity contribution in [2.45, 2.75) is 6.18 Å². The van der Waals surface area contributed by atoms with Gasteiger partial charge < -0.3 is 10.2 Å². The third-order valence-electron chi connectivity index (χ3n) is 4.08. The number of anilines is 1. The molecule has 1 aromatic heterocycles. The predicted octanol–water partition coefficient (Wildman–Crippen LogP) is 1.66. The molecular formula is C12H13F3N4O2. The second kappa shape index (κ2) is 4.83. The molecule has 0 spiro atoms. The van der Waals surface area contributed by atoms with Crippen molar-refractivity contribution in [3.63, 3.8) is 0 Å². The van der Waals surface area contributed by atoms with Crippen LogP contribution >= 0.6 is 0 Å². The summed E-state index contributed by atoms with van der Waals surface area (Å²) in [4.78, 5) is 15.2. The molecule has 9 heteroatoms. The van der Waals surface area contributed by atoms with Crippen LogP contribution in [0.3, 0.4) is 0 Å². The van der Waals surface area contributed by atoms with Crippen molar-refractivity contribution in [2.24, 2.45) is 11.8 Å². The maximum atomic E-state index is 12.8. The van der Waals surface area contributed by atoms with Crippen LogP contribution in [-0.4, -0.2) is 36.1 Å². The molecule has 2 fully saturated rings. The maximum absolute atomic E-state index is 12.8. The van der Waals surface area contributed by atoms with Gasteiger partial charge in [0.2, 0.25) is 0 Å². The average molecular weight is 302 g/mol. The number of nitrogens with zero attached hydrogens (tertiary/aromatic N) is 3. The lowest BCUT2D eigenvalue weighted by molar-refractivity contribution is -0.384. The molecule has 0 bridgehead atoms. The van der Waals surface area contributed by atoms with Crippen LogP contribution in [0.1, 0.15) is 5.69 Å². The Morgan fingerprint density at radius 3 is 2.48 bits per heavy atom. The largest absolute Gasteiger partial charge is 0.433 e. The van der Waals surface area contributed by atoms with Gasteiger partial charge in [0.05, 0.1) is 4.92 Å². The molecule has 2 saturated heterocycles. The van der Waals surface area contributed by atoms with Crippen molar-refractivity contribution in [3.8, 4) is 0 Å². The normalized spacial score (nSPS) is 25.2. The van der Waals surface area contributed by atoms with E-state index in [1.54, 1.807) is 4.90 Å². The SMILES string of the molecule is O=[N+]([O-])c1cnc(C(F)(F)F)cc1N1CC2CNCC2C1. The standard InChI is InChI=1S/C12H13F3N4O2/c13-12(14,15)11-1-9(10(4-17-11)19(20)21)18-5-7-2-16-3-8(7)6-18/h1,4,7-8,16H,2-3,5-6H2. The van der Waals surface area contributed by atoms with E-state index in [9.17, 15) is 23.3 Å². The van der Waals surface area contributed by atoms with Crippen LogP contribution in [0.25, 0.3) is 0 Å². The van der Waals surface area contributed by atoms with Gasteiger partial charge in [0.1, 0.15) is 17.6 Å². The van der Waals surface area contributed by atoms with Gasteiger partial charge >= 0.3 is 11.9 Å². The van der Waals surface area contributed by atoms with Crippen LogP contribution in [-0.2, 0) is 6.18 Å². The van der Waals surface area contributed by atoms with Gasteiger partial charge in [-0.25, -0.2) is 4.98 Å². The summed E-state index contributed by atoms with van der Waals surface area (Å²) in [5, 5.41) is 14.2. The Kier molecular flexibility index (Phi) is 3.23. The van der Waals surface area contributed by atoms with Crippen LogP contribution in [0, 0.1) is 22.0 Å². The Morgan fingerprint density at radius 1 is 1.33 bits per heavy atom. The fraction of sp³-hybridized carbons (Fsp3) is 0.583. The lowest BCUT2D eigenvalue weighted by atomic mass is 10.0. The van der Waals surface area contributed by atoms with Gasteiger partial charge in [0.15, 0.2) is 0 Å². The third-order valence-corrected chi connectivity index (χ3v) is 4.08. The van der Waals surface area contributed by atoms with Crippen LogP contribution in [0.4, 0.5) is 24.5 Å². The van der Waals surface area contributed by atoms with Gasteiger partial charge in [-0.3, -0.25) is 10.1 Å². The first-order valence-electron chi connectivity index (χ1n) is 6.53. The summed E-state index contributed by atoms with van der Waals surface area (Å²) in [5.41, 5.74) is -1.47. The monoisotopic (exact) mass is 302 g/mol. The highest BCUT2D eigenvalue weighted by Crippen LogP contribution is 2.38. The van der Waals surface area contributed by atoms with Gasteiger partial charge in [0.25, 0.3) is 0 Å². The summed E-state index contributed by atoms with van der Waals surface area (Å²) in [5.74, 6) is 0.652. The molecular weight excluding hydrogens is 289 g/mol. The average Bonchev–Trinajstić information content (AvgIpc) is 2.97. The highest BCUT2D eigenvalue weighted by atomic mass is 19.4. The second-order valence-corrected chi connectivity index (χ2v) is 5.40. The van der Waals surface area contributed by atoms with E-state index < -0.39 is 16.8 Å². The number of halogens is 3. The van der Waals surface area contributed by atoms with E-state index >= 15 is 0 Å². The molecule has 114 valence electrons. The van der Waals surface area contributed by atoms with Crippen molar-refractivity contribution in [1.29, 1.82) is 0 Å². The summed E-state index contributed by atoms with van der Waals surface area (Å²) in [6.45, 7) is 2.65. The van der Waals surface area contributed by atoms with Crippen LogP contribution in [0.15, 0.2) is 12.3 Å². The number of nitro groups is 1. The molecule has 21 heavy (non-hydrogen) atoms. The zero-order valence-electron chi connectivity index (χ0n) is 10.9. The van der Waals surface area contributed by atoms with Crippen molar-refractivity contribution >= 4 is 11.4 Å². The van der Waals surface area contributed by atoms with Gasteiger partial charge in [-0.2, -0.15) is 13.2 Å². The summed E-state index contributed by atoms with van der Waals surface area (Å²) in [7, 11) is 0. The van der Waals surface area contributed by atoms with Crippen molar-refractivity contribution in [1.82, 2.24) is 10.3 Å². The smallest absolute Gasteiger partial charge is 0.365 e. The Morgan fingerprint density at radius 2 is 1.95 bits per heavy atom. The highest BCUT2D eigenvalue weighted by Gasteiger charge is 2.40. The first-order valence-corrected chi connectivity index (χ1v) is 6.53. The molecule has 2 unspecified atom stereocenters. The fourth-order valence-electron chi connectivity index (χ4n) is 3.04. The van der Waals surface area contributed by atoms with E-state index in [-0.39, 0.29) is 11.4 Å². The van der Waals surface area contributed by atoms with Gasteiger partial charge in [-0.05, 0) is 17.9 Å². The van der Waals surface area contributed by atoms with Gasteiger partial charge in [-0.15, -0.1) is 0 Å². The molecule has 0 radical (unpaired) electrons. The molecule has 3 heterocycles. The molecule has 0 aliphatic carbocycles. The fourth-order valence-corrected chi connectivity index (χ4v) is 3.04. The van der Waals surface area contributed by atoms with Crippen molar-refractivity contribution in [2.75, 3.05) is 31.1 Å². The molecule has 0 aromatic carbocycles. The first kappa shape index (κ1) is 14.1. The molecule has 0 amide bonds. The quantitative estimate of drug-likeness (QED) is 0.664. The zero-order chi connectivity index (χ0) is 15.2. The maximum Gasteiger partial charge on any atom is 0.433 e. The van der Waals surface area contributed by atoms with Gasteiger partial charge in [-0.1, -0.05) is 0 Å². The molecule has 1 aromatic rings. The Hall–Kier alpha value is -1.90. The van der Waals surface area contributed by atoms with Crippen LogP contribution in [0.5, 0.6) is 0 Å². The summed E-state index contributed by atoms with van der Waals surface area (Å²) < 4.78 is 38.3. The minimum absolute atomic E-state index is 0.0109. The number of nitrogens with one attached hydrogen (secondary N) is 1. The van der Waals surface area contributed by atoms with Crippen LogP contribution in [0.2, 0.25) is 0 Å². The summed E-state index contributed by atoms with van der Waals surface area (Å²) >= 11 is 0. The minimum atomic E-state index is -4.61. The predicted molar refractivity (Wildman–Crippen MR) is 68.0 cm³/mol. The molecule has 2 atom stereocenters. The molecule has 1 N–H and O–H groups in total. The Labute approximate surface area is 118 Å². The Bertz CT molecular complexity index is 566.